The van der Waals surface area contributed by atoms with E-state index in [2.05, 4.69) is 31.7 Å². The molecule has 1 aliphatic rings. The number of nitrogens with zero attached hydrogens (tertiary/aromatic N) is 2. The highest BCUT2D eigenvalue weighted by Crippen LogP contribution is 2.27. The Morgan fingerprint density at radius 2 is 2.04 bits per heavy atom. The predicted octanol–water partition coefficient (Wildman–Crippen LogP) is 2.46. The molecule has 1 aromatic heterocycles. The number of nitrogens with one attached hydrogen (secondary N) is 2. The molecule has 124 valence electrons. The van der Waals surface area contributed by atoms with Crippen LogP contribution < -0.4 is 10.6 Å². The van der Waals surface area contributed by atoms with Gasteiger partial charge in [-0.3, -0.25) is 9.48 Å². The summed E-state index contributed by atoms with van der Waals surface area (Å²) in [5, 5.41) is 10.7. The molecule has 0 unspecified atom stereocenters. The minimum atomic E-state index is -0.587. The molecule has 3 rings (SSSR count). The van der Waals surface area contributed by atoms with E-state index in [1.54, 1.807) is 6.20 Å². The highest BCUT2D eigenvalue weighted by Gasteiger charge is 2.41. The van der Waals surface area contributed by atoms with E-state index in [-0.39, 0.29) is 18.3 Å². The first kappa shape index (κ1) is 18.0. The molecule has 0 aliphatic carbocycles. The van der Waals surface area contributed by atoms with E-state index >= 15 is 0 Å². The van der Waals surface area contributed by atoms with Gasteiger partial charge in [-0.05, 0) is 43.6 Å². The smallest absolute Gasteiger partial charge is 0.248 e. The maximum absolute atomic E-state index is 12.9. The first-order valence-corrected chi connectivity index (χ1v) is 8.24. The molecule has 0 radical (unpaired) electrons. The van der Waals surface area contributed by atoms with Crippen LogP contribution in [0.5, 0.6) is 0 Å². The lowest BCUT2D eigenvalue weighted by Crippen LogP contribution is -2.54. The lowest BCUT2D eigenvalue weighted by atomic mass is 9.87. The molecule has 0 atom stereocenters. The zero-order valence-corrected chi connectivity index (χ0v) is 15.1. The molecule has 0 bridgehead atoms. The highest BCUT2D eigenvalue weighted by atomic mass is 79.9. The van der Waals surface area contributed by atoms with E-state index < -0.39 is 5.54 Å². The van der Waals surface area contributed by atoms with Crippen LogP contribution in [0.3, 0.4) is 0 Å². The van der Waals surface area contributed by atoms with Gasteiger partial charge in [0.2, 0.25) is 5.91 Å². The van der Waals surface area contributed by atoms with Crippen molar-refractivity contribution >= 4 is 34.2 Å². The van der Waals surface area contributed by atoms with Gasteiger partial charge >= 0.3 is 0 Å². The first-order chi connectivity index (χ1) is 10.7. The average molecular weight is 400 g/mol. The van der Waals surface area contributed by atoms with Crippen molar-refractivity contribution in [1.82, 2.24) is 20.4 Å². The number of rotatable bonds is 4. The normalized spacial score (nSPS) is 16.4. The van der Waals surface area contributed by atoms with Crippen molar-refractivity contribution in [3.05, 3.63) is 52.8 Å². The molecular weight excluding hydrogens is 380 g/mol. The Morgan fingerprint density at radius 1 is 1.30 bits per heavy atom. The first-order valence-electron chi connectivity index (χ1n) is 7.45. The van der Waals surface area contributed by atoms with Crippen LogP contribution in [0.4, 0.5) is 0 Å². The number of piperidine rings is 1. The van der Waals surface area contributed by atoms with Gasteiger partial charge < -0.3 is 10.6 Å². The molecular formula is C16H20BrClN4O. The number of hydrogen-bond donors (Lipinski definition) is 2. The number of carbonyl (C=O) groups is 1. The molecule has 2 heterocycles. The molecule has 2 N–H and O–H groups in total. The Morgan fingerprint density at radius 3 is 2.70 bits per heavy atom. The minimum absolute atomic E-state index is 0. The third-order valence-electron chi connectivity index (χ3n) is 4.19. The Hall–Kier alpha value is -1.37. The fourth-order valence-corrected chi connectivity index (χ4v) is 3.33. The summed E-state index contributed by atoms with van der Waals surface area (Å²) in [6.07, 6.45) is 5.10. The van der Waals surface area contributed by atoms with E-state index in [1.807, 2.05) is 41.2 Å². The second-order valence-corrected chi connectivity index (χ2v) is 6.36. The lowest BCUT2D eigenvalue weighted by molar-refractivity contribution is -0.132. The SMILES string of the molecule is Cl.O=C(NCc1ccccc1Br)C1(n2cccn2)CCNCC1. The van der Waals surface area contributed by atoms with Crippen LogP contribution >= 0.6 is 28.3 Å². The van der Waals surface area contributed by atoms with E-state index in [4.69, 9.17) is 0 Å². The molecule has 23 heavy (non-hydrogen) atoms. The topological polar surface area (TPSA) is 59.0 Å². The fraction of sp³-hybridized carbons (Fsp3) is 0.375. The van der Waals surface area contributed by atoms with E-state index in [9.17, 15) is 4.79 Å². The second kappa shape index (κ2) is 7.95. The van der Waals surface area contributed by atoms with Crippen LogP contribution in [-0.4, -0.2) is 28.8 Å². The molecule has 1 saturated heterocycles. The van der Waals surface area contributed by atoms with Crippen molar-refractivity contribution < 1.29 is 4.79 Å². The second-order valence-electron chi connectivity index (χ2n) is 5.51. The summed E-state index contributed by atoms with van der Waals surface area (Å²) in [6.45, 7) is 2.15. The number of halogens is 2. The van der Waals surface area contributed by atoms with E-state index in [1.165, 1.54) is 0 Å². The van der Waals surface area contributed by atoms with Crippen molar-refractivity contribution in [2.75, 3.05) is 13.1 Å². The largest absolute Gasteiger partial charge is 0.350 e. The average Bonchev–Trinajstić information content (AvgIpc) is 3.09. The van der Waals surface area contributed by atoms with E-state index in [0.29, 0.717) is 6.54 Å². The Bertz CT molecular complexity index is 641. The summed E-state index contributed by atoms with van der Waals surface area (Å²) in [7, 11) is 0. The maximum atomic E-state index is 12.9. The number of amides is 1. The Balaban J connectivity index is 0.00000192. The molecule has 2 aromatic rings. The van der Waals surface area contributed by atoms with Crippen molar-refractivity contribution in [3.8, 4) is 0 Å². The van der Waals surface area contributed by atoms with Crippen LogP contribution in [0.15, 0.2) is 47.2 Å². The number of aromatic nitrogens is 2. The van der Waals surface area contributed by atoms with Gasteiger partial charge in [0.1, 0.15) is 5.54 Å². The number of benzene rings is 1. The van der Waals surface area contributed by atoms with Gasteiger partial charge in [-0.15, -0.1) is 12.4 Å². The zero-order chi connectivity index (χ0) is 15.4. The molecule has 1 amide bonds. The molecule has 0 spiro atoms. The van der Waals surface area contributed by atoms with Crippen LogP contribution in [0.1, 0.15) is 18.4 Å². The van der Waals surface area contributed by atoms with Crippen molar-refractivity contribution in [2.24, 2.45) is 0 Å². The Labute approximate surface area is 150 Å². The molecule has 1 fully saturated rings. The summed E-state index contributed by atoms with van der Waals surface area (Å²) < 4.78 is 2.82. The van der Waals surface area contributed by atoms with Gasteiger partial charge in [0.05, 0.1) is 0 Å². The van der Waals surface area contributed by atoms with Gasteiger partial charge in [0.25, 0.3) is 0 Å². The summed E-state index contributed by atoms with van der Waals surface area (Å²) in [6, 6.07) is 9.79. The monoisotopic (exact) mass is 398 g/mol. The van der Waals surface area contributed by atoms with Gasteiger partial charge in [-0.1, -0.05) is 34.1 Å². The summed E-state index contributed by atoms with van der Waals surface area (Å²) in [5.74, 6) is 0.0356. The summed E-state index contributed by atoms with van der Waals surface area (Å²) in [5.41, 5.74) is 0.483. The fourth-order valence-electron chi connectivity index (χ4n) is 2.90. The summed E-state index contributed by atoms with van der Waals surface area (Å²) >= 11 is 3.52. The molecule has 5 nitrogen and oxygen atoms in total. The third kappa shape index (κ3) is 3.76. The number of hydrogen-bond acceptors (Lipinski definition) is 3. The van der Waals surface area contributed by atoms with Crippen LogP contribution in [0.2, 0.25) is 0 Å². The van der Waals surface area contributed by atoms with Gasteiger partial charge in [0.15, 0.2) is 0 Å². The predicted molar refractivity (Wildman–Crippen MR) is 95.5 cm³/mol. The number of carbonyl (C=O) groups excluding carboxylic acids is 1. The Kier molecular flexibility index (Phi) is 6.21. The maximum Gasteiger partial charge on any atom is 0.248 e. The third-order valence-corrected chi connectivity index (χ3v) is 4.97. The molecule has 7 heteroatoms. The van der Waals surface area contributed by atoms with Crippen molar-refractivity contribution in [2.45, 2.75) is 24.9 Å². The highest BCUT2D eigenvalue weighted by molar-refractivity contribution is 9.10. The van der Waals surface area contributed by atoms with E-state index in [0.717, 1.165) is 36.0 Å². The lowest BCUT2D eigenvalue weighted by Gasteiger charge is -2.36. The standard InChI is InChI=1S/C16H19BrN4O.ClH/c17-14-5-2-1-4-13(14)12-19-15(22)16(6-9-18-10-7-16)21-11-3-8-20-21;/h1-5,8,11,18H,6-7,9-10,12H2,(H,19,22);1H. The van der Waals surface area contributed by atoms with Crippen molar-refractivity contribution in [1.29, 1.82) is 0 Å². The minimum Gasteiger partial charge on any atom is -0.350 e. The molecule has 1 aromatic carbocycles. The van der Waals surface area contributed by atoms with Crippen LogP contribution in [0.25, 0.3) is 0 Å². The van der Waals surface area contributed by atoms with Crippen LogP contribution in [-0.2, 0) is 16.9 Å². The van der Waals surface area contributed by atoms with Gasteiger partial charge in [-0.25, -0.2) is 0 Å². The summed E-state index contributed by atoms with van der Waals surface area (Å²) in [4.78, 5) is 12.9. The van der Waals surface area contributed by atoms with Gasteiger partial charge in [0, 0.05) is 23.4 Å². The molecule has 1 aliphatic heterocycles. The van der Waals surface area contributed by atoms with Crippen molar-refractivity contribution in [3.63, 3.8) is 0 Å². The zero-order valence-electron chi connectivity index (χ0n) is 12.7. The van der Waals surface area contributed by atoms with Gasteiger partial charge in [-0.2, -0.15) is 5.10 Å². The quantitative estimate of drug-likeness (QED) is 0.830. The van der Waals surface area contributed by atoms with Crippen LogP contribution in [0, 0.1) is 0 Å². The molecule has 0 saturated carbocycles.